The highest BCUT2D eigenvalue weighted by Crippen LogP contribution is 2.25. The van der Waals surface area contributed by atoms with Gasteiger partial charge < -0.3 is 10.6 Å². The van der Waals surface area contributed by atoms with E-state index in [2.05, 4.69) is 26.6 Å². The molecule has 2 amide bonds. The maximum Gasteiger partial charge on any atom is 0.257 e. The monoisotopic (exact) mass is 515 g/mol. The number of halogens is 1. The number of anilines is 2. The van der Waals surface area contributed by atoms with Crippen molar-refractivity contribution in [3.05, 3.63) is 122 Å². The van der Waals surface area contributed by atoms with Crippen LogP contribution in [0.5, 0.6) is 0 Å². The quantitative estimate of drug-likeness (QED) is 0.356. The van der Waals surface area contributed by atoms with E-state index in [0.717, 1.165) is 16.8 Å². The molecule has 34 heavy (non-hydrogen) atoms. The molecule has 4 rings (SSSR count). The largest absolute Gasteiger partial charge is 0.322 e. The predicted octanol–water partition coefficient (Wildman–Crippen LogP) is 5.72. The van der Waals surface area contributed by atoms with Crippen molar-refractivity contribution in [1.29, 1.82) is 0 Å². The molecule has 2 N–H and O–H groups in total. The lowest BCUT2D eigenvalue weighted by Crippen LogP contribution is -2.22. The van der Waals surface area contributed by atoms with Crippen LogP contribution >= 0.6 is 15.9 Å². The Labute approximate surface area is 205 Å². The molecule has 7 heteroatoms. The van der Waals surface area contributed by atoms with Crippen LogP contribution < -0.4 is 16.2 Å². The summed E-state index contributed by atoms with van der Waals surface area (Å²) in [7, 11) is 0. The molecule has 0 aliphatic carbocycles. The van der Waals surface area contributed by atoms with Crippen molar-refractivity contribution >= 4 is 39.1 Å². The number of aryl methyl sites for hydroxylation is 2. The van der Waals surface area contributed by atoms with Crippen LogP contribution in [-0.4, -0.2) is 16.4 Å². The number of carbonyl (C=O) groups excluding carboxylic acids is 2. The number of carbonyl (C=O) groups is 2. The van der Waals surface area contributed by atoms with Crippen LogP contribution in [0, 0.1) is 13.8 Å². The molecule has 170 valence electrons. The number of benzene rings is 3. The van der Waals surface area contributed by atoms with Gasteiger partial charge in [0.05, 0.1) is 16.9 Å². The van der Waals surface area contributed by atoms with Gasteiger partial charge in [-0.25, -0.2) is 0 Å². The van der Waals surface area contributed by atoms with Crippen molar-refractivity contribution in [1.82, 2.24) is 4.57 Å². The lowest BCUT2D eigenvalue weighted by molar-refractivity contribution is 0.101. The number of aromatic nitrogens is 1. The zero-order valence-corrected chi connectivity index (χ0v) is 20.2. The molecule has 4 aromatic rings. The third kappa shape index (κ3) is 5.00. The van der Waals surface area contributed by atoms with Crippen LogP contribution in [-0.2, 0) is 0 Å². The van der Waals surface area contributed by atoms with E-state index >= 15 is 0 Å². The summed E-state index contributed by atoms with van der Waals surface area (Å²) in [6.07, 6.45) is 1.53. The smallest absolute Gasteiger partial charge is 0.257 e. The summed E-state index contributed by atoms with van der Waals surface area (Å²) < 4.78 is 2.11. The Balaban J connectivity index is 1.60. The molecule has 0 unspecified atom stereocenters. The van der Waals surface area contributed by atoms with Crippen molar-refractivity contribution in [2.75, 3.05) is 10.6 Å². The molecule has 0 bridgehead atoms. The molecule has 0 aliphatic heterocycles. The van der Waals surface area contributed by atoms with Crippen LogP contribution in [0.25, 0.3) is 5.69 Å². The van der Waals surface area contributed by atoms with Gasteiger partial charge in [0.2, 0.25) is 0 Å². The minimum atomic E-state index is -0.402. The number of hydrogen-bond donors (Lipinski definition) is 2. The van der Waals surface area contributed by atoms with Crippen molar-refractivity contribution < 1.29 is 9.59 Å². The Kier molecular flexibility index (Phi) is 6.75. The molecule has 6 nitrogen and oxygen atoms in total. The highest BCUT2D eigenvalue weighted by atomic mass is 79.9. The zero-order valence-electron chi connectivity index (χ0n) is 18.6. The summed E-state index contributed by atoms with van der Waals surface area (Å²) in [5.41, 5.74) is 4.21. The number of nitrogens with zero attached hydrogens (tertiary/aromatic N) is 1. The molecule has 0 fully saturated rings. The van der Waals surface area contributed by atoms with E-state index in [9.17, 15) is 14.4 Å². The van der Waals surface area contributed by atoms with Gasteiger partial charge in [-0.1, -0.05) is 36.4 Å². The molecule has 1 aromatic heterocycles. The maximum atomic E-state index is 13.1. The SMILES string of the molecule is Cc1cccc(C)c1-n1cc(C(=O)Nc2cc(C(=O)Nc3ccccc3)ccc2Br)ccc1=O. The van der Waals surface area contributed by atoms with E-state index in [1.54, 1.807) is 30.3 Å². The Morgan fingerprint density at radius 2 is 1.41 bits per heavy atom. The van der Waals surface area contributed by atoms with Gasteiger partial charge in [0.1, 0.15) is 0 Å². The van der Waals surface area contributed by atoms with Crippen molar-refractivity contribution in [3.8, 4) is 5.69 Å². The lowest BCUT2D eigenvalue weighted by Gasteiger charge is -2.14. The normalized spacial score (nSPS) is 10.6. The molecule has 0 saturated heterocycles. The fourth-order valence-electron chi connectivity index (χ4n) is 3.66. The molecule has 3 aromatic carbocycles. The van der Waals surface area contributed by atoms with Crippen molar-refractivity contribution in [2.24, 2.45) is 0 Å². The van der Waals surface area contributed by atoms with E-state index in [1.165, 1.54) is 22.9 Å². The second kappa shape index (κ2) is 9.89. The third-order valence-electron chi connectivity index (χ3n) is 5.36. The number of pyridine rings is 1. The standard InChI is InChI=1S/C27H22BrN3O3/c1-17-7-6-8-18(2)25(17)31-16-20(12-14-24(31)32)27(34)30-23-15-19(11-13-22(23)28)26(33)29-21-9-4-3-5-10-21/h3-16H,1-2H3,(H,29,33)(H,30,34). The number of para-hydroxylation sites is 2. The molecular weight excluding hydrogens is 494 g/mol. The van der Waals surface area contributed by atoms with Crippen LogP contribution in [0.2, 0.25) is 0 Å². The van der Waals surface area contributed by atoms with Gasteiger partial charge in [-0.05, 0) is 77.3 Å². The average Bonchev–Trinajstić information content (AvgIpc) is 2.82. The van der Waals surface area contributed by atoms with Crippen molar-refractivity contribution in [2.45, 2.75) is 13.8 Å². The van der Waals surface area contributed by atoms with E-state index in [4.69, 9.17) is 0 Å². The summed E-state index contributed by atoms with van der Waals surface area (Å²) in [6, 6.07) is 22.7. The molecule has 0 atom stereocenters. The Morgan fingerprint density at radius 3 is 2.12 bits per heavy atom. The van der Waals surface area contributed by atoms with Gasteiger partial charge in [-0.15, -0.1) is 0 Å². The Hall–Kier alpha value is -3.97. The number of rotatable bonds is 5. The van der Waals surface area contributed by atoms with Gasteiger partial charge >= 0.3 is 0 Å². The molecule has 0 radical (unpaired) electrons. The van der Waals surface area contributed by atoms with E-state index in [-0.39, 0.29) is 11.5 Å². The highest BCUT2D eigenvalue weighted by molar-refractivity contribution is 9.10. The van der Waals surface area contributed by atoms with Crippen LogP contribution in [0.15, 0.2) is 94.3 Å². The van der Waals surface area contributed by atoms with Crippen LogP contribution in [0.4, 0.5) is 11.4 Å². The van der Waals surface area contributed by atoms with Crippen LogP contribution in [0.3, 0.4) is 0 Å². The van der Waals surface area contributed by atoms with Gasteiger partial charge in [0.15, 0.2) is 0 Å². The molecule has 0 spiro atoms. The fraction of sp³-hybridized carbons (Fsp3) is 0.0741. The molecule has 0 saturated carbocycles. The zero-order chi connectivity index (χ0) is 24.2. The van der Waals surface area contributed by atoms with E-state index in [1.807, 2.05) is 50.2 Å². The summed E-state index contributed by atoms with van der Waals surface area (Å²) >= 11 is 3.43. The van der Waals surface area contributed by atoms with Gasteiger partial charge in [-0.2, -0.15) is 0 Å². The Morgan fingerprint density at radius 1 is 0.765 bits per heavy atom. The average molecular weight is 516 g/mol. The summed E-state index contributed by atoms with van der Waals surface area (Å²) in [4.78, 5) is 38.3. The molecular formula is C27H22BrN3O3. The van der Waals surface area contributed by atoms with Crippen molar-refractivity contribution in [3.63, 3.8) is 0 Å². The number of hydrogen-bond acceptors (Lipinski definition) is 3. The van der Waals surface area contributed by atoms with E-state index < -0.39 is 5.91 Å². The van der Waals surface area contributed by atoms with Gasteiger partial charge in [-0.3, -0.25) is 19.0 Å². The highest BCUT2D eigenvalue weighted by Gasteiger charge is 2.15. The first-order chi connectivity index (χ1) is 16.3. The van der Waals surface area contributed by atoms with Gasteiger partial charge in [0.25, 0.3) is 17.4 Å². The molecule has 0 aliphatic rings. The summed E-state index contributed by atoms with van der Waals surface area (Å²) in [5, 5.41) is 5.66. The van der Waals surface area contributed by atoms with E-state index in [0.29, 0.717) is 27.0 Å². The third-order valence-corrected chi connectivity index (χ3v) is 6.05. The maximum absolute atomic E-state index is 13.1. The summed E-state index contributed by atoms with van der Waals surface area (Å²) in [6.45, 7) is 3.84. The summed E-state index contributed by atoms with van der Waals surface area (Å²) in [5.74, 6) is -0.695. The topological polar surface area (TPSA) is 80.2 Å². The first-order valence-corrected chi connectivity index (χ1v) is 11.4. The first kappa shape index (κ1) is 23.2. The Bertz CT molecular complexity index is 1430. The number of nitrogens with one attached hydrogen (secondary N) is 2. The second-order valence-corrected chi connectivity index (χ2v) is 8.69. The minimum Gasteiger partial charge on any atom is -0.322 e. The number of amides is 2. The fourth-order valence-corrected chi connectivity index (χ4v) is 4.01. The second-order valence-electron chi connectivity index (χ2n) is 7.84. The van der Waals surface area contributed by atoms with Crippen LogP contribution in [0.1, 0.15) is 31.8 Å². The lowest BCUT2D eigenvalue weighted by atomic mass is 10.1. The molecule has 1 heterocycles. The predicted molar refractivity (Wildman–Crippen MR) is 138 cm³/mol. The van der Waals surface area contributed by atoms with Gasteiger partial charge in [0, 0.05) is 28.0 Å². The minimum absolute atomic E-state index is 0.227. The first-order valence-electron chi connectivity index (χ1n) is 10.6.